The molecular weight excluding hydrogens is 352 g/mol. The van der Waals surface area contributed by atoms with Crippen LogP contribution in [0.15, 0.2) is 41.8 Å². The lowest BCUT2D eigenvalue weighted by atomic mass is 10.0. The first-order valence-electron chi connectivity index (χ1n) is 8.13. The minimum atomic E-state index is -0.0808. The third-order valence-corrected chi connectivity index (χ3v) is 5.20. The molecular formula is C18H20N4OS2. The fraction of sp³-hybridized carbons (Fsp3) is 0.278. The Morgan fingerprint density at radius 1 is 1.36 bits per heavy atom. The molecule has 0 aliphatic carbocycles. The average molecular weight is 373 g/mol. The summed E-state index contributed by atoms with van der Waals surface area (Å²) in [7, 11) is 0. The number of amides is 1. The van der Waals surface area contributed by atoms with Gasteiger partial charge in [0.15, 0.2) is 10.6 Å². The number of H-pyrrole nitrogens is 1. The normalized spacial score (nSPS) is 12.1. The lowest BCUT2D eigenvalue weighted by Gasteiger charge is -2.18. The van der Waals surface area contributed by atoms with Crippen LogP contribution in [-0.2, 0) is 11.3 Å². The Kier molecular flexibility index (Phi) is 5.45. The quantitative estimate of drug-likeness (QED) is 0.636. The molecule has 0 unspecified atom stereocenters. The third kappa shape index (κ3) is 4.05. The smallest absolute Gasteiger partial charge is 0.240 e. The number of nitrogens with zero attached hydrogens (tertiary/aromatic N) is 2. The van der Waals surface area contributed by atoms with Gasteiger partial charge in [-0.05, 0) is 42.6 Å². The second kappa shape index (κ2) is 7.76. The van der Waals surface area contributed by atoms with E-state index in [9.17, 15) is 4.79 Å². The topological polar surface area (TPSA) is 62.7 Å². The van der Waals surface area contributed by atoms with E-state index in [1.165, 1.54) is 5.56 Å². The Labute approximate surface area is 155 Å². The van der Waals surface area contributed by atoms with E-state index in [2.05, 4.69) is 53.6 Å². The first kappa shape index (κ1) is 17.6. The maximum absolute atomic E-state index is 12.6. The van der Waals surface area contributed by atoms with Gasteiger partial charge in [-0.15, -0.1) is 11.3 Å². The molecule has 7 heteroatoms. The Bertz CT molecular complexity index is 894. The number of carbonyl (C=O) groups is 1. The second-order valence-corrected chi connectivity index (χ2v) is 7.19. The SMILES string of the molecule is CC[C@H](NC(=O)Cn1c(-c2cccs2)n[nH]c1=S)c1ccc(C)cc1. The van der Waals surface area contributed by atoms with Crippen molar-refractivity contribution in [2.45, 2.75) is 32.9 Å². The van der Waals surface area contributed by atoms with Gasteiger partial charge in [0.25, 0.3) is 0 Å². The molecule has 25 heavy (non-hydrogen) atoms. The van der Waals surface area contributed by atoms with E-state index in [1.807, 2.05) is 17.5 Å². The fourth-order valence-corrected chi connectivity index (χ4v) is 3.58. The molecule has 1 amide bonds. The third-order valence-electron chi connectivity index (χ3n) is 4.02. The highest BCUT2D eigenvalue weighted by Gasteiger charge is 2.16. The first-order chi connectivity index (χ1) is 12.1. The Morgan fingerprint density at radius 2 is 2.12 bits per heavy atom. The molecule has 0 aliphatic rings. The molecule has 3 rings (SSSR count). The minimum Gasteiger partial charge on any atom is -0.348 e. The summed E-state index contributed by atoms with van der Waals surface area (Å²) in [6, 6.07) is 12.1. The monoisotopic (exact) mass is 372 g/mol. The molecule has 0 radical (unpaired) electrons. The van der Waals surface area contributed by atoms with E-state index >= 15 is 0 Å². The van der Waals surface area contributed by atoms with Crippen molar-refractivity contribution < 1.29 is 4.79 Å². The van der Waals surface area contributed by atoms with Crippen molar-refractivity contribution in [2.24, 2.45) is 0 Å². The van der Waals surface area contributed by atoms with E-state index < -0.39 is 0 Å². The van der Waals surface area contributed by atoms with E-state index in [-0.39, 0.29) is 18.5 Å². The highest BCUT2D eigenvalue weighted by atomic mass is 32.1. The molecule has 0 spiro atoms. The van der Waals surface area contributed by atoms with Crippen LogP contribution in [0.1, 0.15) is 30.5 Å². The second-order valence-electron chi connectivity index (χ2n) is 5.85. The van der Waals surface area contributed by atoms with Gasteiger partial charge in [0.05, 0.1) is 10.9 Å². The maximum Gasteiger partial charge on any atom is 0.240 e. The number of rotatable bonds is 6. The molecule has 2 heterocycles. The summed E-state index contributed by atoms with van der Waals surface area (Å²) in [6.45, 7) is 4.26. The lowest BCUT2D eigenvalue weighted by Crippen LogP contribution is -2.31. The number of aromatic nitrogens is 3. The molecule has 0 aliphatic heterocycles. The number of hydrogen-bond acceptors (Lipinski definition) is 4. The average Bonchev–Trinajstić information content (AvgIpc) is 3.24. The molecule has 2 N–H and O–H groups in total. The molecule has 1 atom stereocenters. The van der Waals surface area contributed by atoms with Crippen molar-refractivity contribution >= 4 is 29.5 Å². The molecule has 0 bridgehead atoms. The molecule has 0 saturated heterocycles. The van der Waals surface area contributed by atoms with E-state index in [0.717, 1.165) is 16.9 Å². The maximum atomic E-state index is 12.6. The van der Waals surface area contributed by atoms with Gasteiger partial charge in [-0.3, -0.25) is 14.5 Å². The van der Waals surface area contributed by atoms with Gasteiger partial charge in [-0.2, -0.15) is 5.10 Å². The zero-order valence-electron chi connectivity index (χ0n) is 14.2. The van der Waals surface area contributed by atoms with Crippen molar-refractivity contribution in [3.63, 3.8) is 0 Å². The molecule has 0 fully saturated rings. The highest BCUT2D eigenvalue weighted by molar-refractivity contribution is 7.71. The van der Waals surface area contributed by atoms with Gasteiger partial charge in [-0.1, -0.05) is 42.8 Å². The summed E-state index contributed by atoms with van der Waals surface area (Å²) >= 11 is 6.85. The molecule has 130 valence electrons. The van der Waals surface area contributed by atoms with Crippen molar-refractivity contribution in [1.82, 2.24) is 20.1 Å². The van der Waals surface area contributed by atoms with Crippen LogP contribution in [0.3, 0.4) is 0 Å². The minimum absolute atomic E-state index is 0.0145. The van der Waals surface area contributed by atoms with Gasteiger partial charge in [0.1, 0.15) is 6.54 Å². The van der Waals surface area contributed by atoms with Crippen LogP contribution >= 0.6 is 23.6 Å². The van der Waals surface area contributed by atoms with Crippen LogP contribution in [0.2, 0.25) is 0 Å². The number of benzene rings is 1. The largest absolute Gasteiger partial charge is 0.348 e. The zero-order chi connectivity index (χ0) is 17.8. The summed E-state index contributed by atoms with van der Waals surface area (Å²) in [6.07, 6.45) is 0.823. The van der Waals surface area contributed by atoms with Gasteiger partial charge < -0.3 is 5.32 Å². The Balaban J connectivity index is 1.75. The summed E-state index contributed by atoms with van der Waals surface area (Å²) in [4.78, 5) is 13.6. The number of carbonyl (C=O) groups excluding carboxylic acids is 1. The lowest BCUT2D eigenvalue weighted by molar-refractivity contribution is -0.122. The standard InChI is InChI=1S/C18H20N4OS2/c1-3-14(13-8-6-12(2)7-9-13)19-16(23)11-22-17(20-21-18(22)24)15-5-4-10-25-15/h4-10,14H,3,11H2,1-2H3,(H,19,23)(H,21,24)/t14-/m0/s1. The van der Waals surface area contributed by atoms with Crippen LogP contribution in [-0.4, -0.2) is 20.7 Å². The van der Waals surface area contributed by atoms with Crippen LogP contribution in [0, 0.1) is 11.7 Å². The molecule has 1 aromatic carbocycles. The van der Waals surface area contributed by atoms with Crippen molar-refractivity contribution in [3.05, 3.63) is 57.7 Å². The number of thiophene rings is 1. The van der Waals surface area contributed by atoms with E-state index in [1.54, 1.807) is 15.9 Å². The number of aryl methyl sites for hydroxylation is 1. The number of hydrogen-bond donors (Lipinski definition) is 2. The molecule has 0 saturated carbocycles. The van der Waals surface area contributed by atoms with Crippen molar-refractivity contribution in [3.8, 4) is 10.7 Å². The molecule has 2 aromatic heterocycles. The predicted molar refractivity (Wildman–Crippen MR) is 103 cm³/mol. The summed E-state index contributed by atoms with van der Waals surface area (Å²) < 4.78 is 2.18. The Morgan fingerprint density at radius 3 is 2.76 bits per heavy atom. The predicted octanol–water partition coefficient (Wildman–Crippen LogP) is 4.25. The van der Waals surface area contributed by atoms with Crippen LogP contribution in [0.4, 0.5) is 0 Å². The zero-order valence-corrected chi connectivity index (χ0v) is 15.8. The summed E-state index contributed by atoms with van der Waals surface area (Å²) in [5.74, 6) is 0.612. The van der Waals surface area contributed by atoms with E-state index in [0.29, 0.717) is 10.6 Å². The van der Waals surface area contributed by atoms with Crippen LogP contribution in [0.5, 0.6) is 0 Å². The van der Waals surface area contributed by atoms with Crippen LogP contribution < -0.4 is 5.32 Å². The van der Waals surface area contributed by atoms with Gasteiger partial charge in [-0.25, -0.2) is 0 Å². The highest BCUT2D eigenvalue weighted by Crippen LogP contribution is 2.23. The fourth-order valence-electron chi connectivity index (χ4n) is 2.66. The van der Waals surface area contributed by atoms with Gasteiger partial charge in [0.2, 0.25) is 5.91 Å². The van der Waals surface area contributed by atoms with Gasteiger partial charge >= 0.3 is 0 Å². The number of aromatic amines is 1. The van der Waals surface area contributed by atoms with E-state index in [4.69, 9.17) is 12.2 Å². The van der Waals surface area contributed by atoms with Crippen molar-refractivity contribution in [1.29, 1.82) is 0 Å². The van der Waals surface area contributed by atoms with Crippen molar-refractivity contribution in [2.75, 3.05) is 0 Å². The summed E-state index contributed by atoms with van der Waals surface area (Å²) in [5.41, 5.74) is 2.31. The van der Waals surface area contributed by atoms with Crippen LogP contribution in [0.25, 0.3) is 10.7 Å². The first-order valence-corrected chi connectivity index (χ1v) is 9.42. The molecule has 5 nitrogen and oxygen atoms in total. The Hall–Kier alpha value is -2.25. The number of nitrogens with one attached hydrogen (secondary N) is 2. The van der Waals surface area contributed by atoms with Gasteiger partial charge in [0, 0.05) is 0 Å². The summed E-state index contributed by atoms with van der Waals surface area (Å²) in [5, 5.41) is 12.1. The molecule has 3 aromatic rings.